The number of aryl methyl sites for hydroxylation is 1. The minimum atomic E-state index is -0.935. The summed E-state index contributed by atoms with van der Waals surface area (Å²) in [6, 6.07) is 21.7. The minimum Gasteiger partial charge on any atom is -0.497 e. The van der Waals surface area contributed by atoms with E-state index >= 15 is 0 Å². The standard InChI is InChI=1S/C26H24N2O5/c1-16-8-7-11-18(14-16)27-25(29)22-23(20-13-12-19(31-2)15-21(20)32-3)28(33-24(22)26(27)30)17-9-5-4-6-10-17/h4-15,22-24H,1-3H3/t22-,23+,24+/m0/s1. The van der Waals surface area contributed by atoms with Gasteiger partial charge in [-0.15, -0.1) is 0 Å². The van der Waals surface area contributed by atoms with Gasteiger partial charge in [0.25, 0.3) is 5.91 Å². The van der Waals surface area contributed by atoms with Crippen LogP contribution in [0.1, 0.15) is 17.2 Å². The molecular formula is C26H24N2O5. The van der Waals surface area contributed by atoms with Gasteiger partial charge in [-0.1, -0.05) is 30.3 Å². The molecule has 0 radical (unpaired) electrons. The average Bonchev–Trinajstić information content (AvgIpc) is 3.35. The lowest BCUT2D eigenvalue weighted by Gasteiger charge is -2.29. The Hall–Kier alpha value is -3.84. The highest BCUT2D eigenvalue weighted by atomic mass is 16.7. The molecule has 168 valence electrons. The number of hydrogen-bond donors (Lipinski definition) is 0. The highest BCUT2D eigenvalue weighted by molar-refractivity contribution is 6.24. The molecule has 0 aliphatic carbocycles. The first kappa shape index (κ1) is 21.0. The number of rotatable bonds is 5. The summed E-state index contributed by atoms with van der Waals surface area (Å²) in [6.07, 6.45) is -0.935. The van der Waals surface area contributed by atoms with Crippen LogP contribution >= 0.6 is 0 Å². The zero-order chi connectivity index (χ0) is 23.1. The van der Waals surface area contributed by atoms with Gasteiger partial charge in [-0.25, -0.2) is 9.96 Å². The lowest BCUT2D eigenvalue weighted by Crippen LogP contribution is -2.37. The van der Waals surface area contributed by atoms with E-state index in [0.29, 0.717) is 17.2 Å². The molecule has 2 heterocycles. The van der Waals surface area contributed by atoms with Crippen LogP contribution in [0.25, 0.3) is 0 Å². The molecule has 2 aliphatic heterocycles. The second-order valence-corrected chi connectivity index (χ2v) is 8.12. The molecule has 0 bridgehead atoms. The number of fused-ring (bicyclic) bond motifs is 1. The van der Waals surface area contributed by atoms with Gasteiger partial charge in [0.05, 0.1) is 31.6 Å². The van der Waals surface area contributed by atoms with Crippen molar-refractivity contribution in [2.45, 2.75) is 19.1 Å². The van der Waals surface area contributed by atoms with Crippen molar-refractivity contribution in [2.24, 2.45) is 5.92 Å². The second kappa shape index (κ2) is 8.26. The monoisotopic (exact) mass is 444 g/mol. The van der Waals surface area contributed by atoms with E-state index in [0.717, 1.165) is 16.8 Å². The fraction of sp³-hybridized carbons (Fsp3) is 0.231. The predicted molar refractivity (Wildman–Crippen MR) is 123 cm³/mol. The molecule has 3 aromatic rings. The molecule has 7 nitrogen and oxygen atoms in total. The minimum absolute atomic E-state index is 0.295. The predicted octanol–water partition coefficient (Wildman–Crippen LogP) is 4.06. The van der Waals surface area contributed by atoms with Crippen LogP contribution in [0.3, 0.4) is 0 Å². The SMILES string of the molecule is COc1ccc([C@@H]2[C@@H]3C(=O)N(c4cccc(C)c4)C(=O)[C@@H]3ON2c2ccccc2)c(OC)c1. The fourth-order valence-electron chi connectivity index (χ4n) is 4.61. The van der Waals surface area contributed by atoms with Gasteiger partial charge in [-0.2, -0.15) is 0 Å². The number of methoxy groups -OCH3 is 2. The lowest BCUT2D eigenvalue weighted by atomic mass is 9.90. The molecule has 2 saturated heterocycles. The van der Waals surface area contributed by atoms with Crippen molar-refractivity contribution in [1.29, 1.82) is 0 Å². The van der Waals surface area contributed by atoms with Crippen molar-refractivity contribution >= 4 is 23.2 Å². The molecule has 2 amide bonds. The van der Waals surface area contributed by atoms with Crippen LogP contribution in [0.4, 0.5) is 11.4 Å². The molecule has 33 heavy (non-hydrogen) atoms. The molecule has 0 saturated carbocycles. The van der Waals surface area contributed by atoms with Crippen LogP contribution in [0.5, 0.6) is 11.5 Å². The van der Waals surface area contributed by atoms with Crippen LogP contribution in [0, 0.1) is 12.8 Å². The molecule has 0 aromatic heterocycles. The first-order valence-corrected chi connectivity index (χ1v) is 10.7. The van der Waals surface area contributed by atoms with Gasteiger partial charge < -0.3 is 9.47 Å². The van der Waals surface area contributed by atoms with Crippen molar-refractivity contribution in [3.63, 3.8) is 0 Å². The van der Waals surface area contributed by atoms with E-state index in [4.69, 9.17) is 14.3 Å². The Morgan fingerprint density at radius 2 is 1.58 bits per heavy atom. The Kier molecular flexibility index (Phi) is 5.26. The van der Waals surface area contributed by atoms with Crippen molar-refractivity contribution in [3.8, 4) is 11.5 Å². The third-order valence-corrected chi connectivity index (χ3v) is 6.15. The van der Waals surface area contributed by atoms with Crippen LogP contribution in [0.15, 0.2) is 72.8 Å². The van der Waals surface area contributed by atoms with Gasteiger partial charge >= 0.3 is 0 Å². The number of carbonyl (C=O) groups excluding carboxylic acids is 2. The maximum absolute atomic E-state index is 13.7. The van der Waals surface area contributed by atoms with E-state index in [9.17, 15) is 9.59 Å². The summed E-state index contributed by atoms with van der Waals surface area (Å²) in [7, 11) is 3.15. The number of imide groups is 1. The first-order chi connectivity index (χ1) is 16.0. The lowest BCUT2D eigenvalue weighted by molar-refractivity contribution is -0.126. The van der Waals surface area contributed by atoms with Gasteiger partial charge in [-0.3, -0.25) is 14.4 Å². The molecule has 0 spiro atoms. The topological polar surface area (TPSA) is 68.3 Å². The molecule has 3 atom stereocenters. The van der Waals surface area contributed by atoms with E-state index in [2.05, 4.69) is 0 Å². The Balaban J connectivity index is 1.62. The molecule has 7 heteroatoms. The number of hydroxylamine groups is 1. The molecule has 3 aromatic carbocycles. The smallest absolute Gasteiger partial charge is 0.266 e. The number of nitrogens with zero attached hydrogens (tertiary/aromatic N) is 2. The first-order valence-electron chi connectivity index (χ1n) is 10.7. The zero-order valence-electron chi connectivity index (χ0n) is 18.6. The Labute approximate surface area is 192 Å². The number of amides is 2. The Morgan fingerprint density at radius 3 is 2.27 bits per heavy atom. The maximum atomic E-state index is 13.7. The number of para-hydroxylation sites is 1. The van der Waals surface area contributed by atoms with Crippen molar-refractivity contribution in [1.82, 2.24) is 0 Å². The number of benzene rings is 3. The van der Waals surface area contributed by atoms with Crippen LogP contribution in [-0.4, -0.2) is 32.1 Å². The van der Waals surface area contributed by atoms with E-state index in [1.165, 1.54) is 4.90 Å². The summed E-state index contributed by atoms with van der Waals surface area (Å²) in [5.41, 5.74) is 3.00. The van der Waals surface area contributed by atoms with E-state index in [-0.39, 0.29) is 11.8 Å². The van der Waals surface area contributed by atoms with Crippen molar-refractivity contribution < 1.29 is 23.9 Å². The number of anilines is 2. The molecule has 2 aliphatic rings. The van der Waals surface area contributed by atoms with Gasteiger partial charge in [0.2, 0.25) is 5.91 Å². The Bertz CT molecular complexity index is 1210. The number of ether oxygens (including phenoxy) is 2. The van der Waals surface area contributed by atoms with Gasteiger partial charge in [0.15, 0.2) is 6.10 Å². The molecule has 0 N–H and O–H groups in total. The van der Waals surface area contributed by atoms with Crippen LogP contribution in [0.2, 0.25) is 0 Å². The Morgan fingerprint density at radius 1 is 0.818 bits per heavy atom. The maximum Gasteiger partial charge on any atom is 0.266 e. The van der Waals surface area contributed by atoms with Crippen LogP contribution in [-0.2, 0) is 14.4 Å². The van der Waals surface area contributed by atoms with E-state index in [1.54, 1.807) is 31.4 Å². The van der Waals surface area contributed by atoms with E-state index in [1.807, 2.05) is 67.6 Å². The summed E-state index contributed by atoms with van der Waals surface area (Å²) < 4.78 is 11.0. The highest BCUT2D eigenvalue weighted by Crippen LogP contribution is 2.49. The summed E-state index contributed by atoms with van der Waals surface area (Å²) >= 11 is 0. The molecule has 5 rings (SSSR count). The second-order valence-electron chi connectivity index (χ2n) is 8.12. The largest absolute Gasteiger partial charge is 0.497 e. The molecule has 2 fully saturated rings. The van der Waals surface area contributed by atoms with Crippen LogP contribution < -0.4 is 19.4 Å². The van der Waals surface area contributed by atoms with Crippen molar-refractivity contribution in [3.05, 3.63) is 83.9 Å². The third-order valence-electron chi connectivity index (χ3n) is 6.15. The van der Waals surface area contributed by atoms with Gasteiger partial charge in [0, 0.05) is 11.6 Å². The highest BCUT2D eigenvalue weighted by Gasteiger charge is 2.60. The molecule has 0 unspecified atom stereocenters. The van der Waals surface area contributed by atoms with Gasteiger partial charge in [-0.05, 0) is 48.9 Å². The normalized spacial score (nSPS) is 22.0. The summed E-state index contributed by atoms with van der Waals surface area (Å²) in [5.74, 6) is -0.213. The van der Waals surface area contributed by atoms with E-state index < -0.39 is 18.1 Å². The zero-order valence-corrected chi connectivity index (χ0v) is 18.6. The molecular weight excluding hydrogens is 420 g/mol. The summed E-state index contributed by atoms with van der Waals surface area (Å²) in [4.78, 5) is 34.6. The quantitative estimate of drug-likeness (QED) is 0.553. The summed E-state index contributed by atoms with van der Waals surface area (Å²) in [5, 5.41) is 1.66. The van der Waals surface area contributed by atoms with Crippen molar-refractivity contribution in [2.75, 3.05) is 24.2 Å². The number of hydrogen-bond acceptors (Lipinski definition) is 6. The average molecular weight is 444 g/mol. The fourth-order valence-corrected chi connectivity index (χ4v) is 4.61. The van der Waals surface area contributed by atoms with Gasteiger partial charge in [0.1, 0.15) is 17.4 Å². The third kappa shape index (κ3) is 3.41. The summed E-state index contributed by atoms with van der Waals surface area (Å²) in [6.45, 7) is 1.92. The number of carbonyl (C=O) groups is 2.